The van der Waals surface area contributed by atoms with Crippen molar-refractivity contribution in [2.75, 3.05) is 12.0 Å². The van der Waals surface area contributed by atoms with Crippen LogP contribution in [0, 0.1) is 13.8 Å². The first-order valence-electron chi connectivity index (χ1n) is 10.9. The average molecular weight is 532 g/mol. The van der Waals surface area contributed by atoms with Gasteiger partial charge in [0.2, 0.25) is 5.91 Å². The quantitative estimate of drug-likeness (QED) is 0.467. The molecule has 0 unspecified atom stereocenters. The highest BCUT2D eigenvalue weighted by Crippen LogP contribution is 2.26. The van der Waals surface area contributed by atoms with E-state index in [1.54, 1.807) is 26.0 Å². The fourth-order valence-electron chi connectivity index (χ4n) is 3.35. The SMILES string of the molecule is CCCS(=O)(=O)c1cc(C(=O)O)cc(-c2ccc(C)cc2)c1.Cc1ccc(C(N)=O)cc1S(C)(=O)=O. The van der Waals surface area contributed by atoms with Gasteiger partial charge in [0.1, 0.15) is 0 Å². The van der Waals surface area contributed by atoms with E-state index in [0.717, 1.165) is 17.4 Å². The van der Waals surface area contributed by atoms with E-state index in [4.69, 9.17) is 5.73 Å². The molecule has 0 fully saturated rings. The van der Waals surface area contributed by atoms with Crippen LogP contribution >= 0.6 is 0 Å². The zero-order chi connectivity index (χ0) is 27.3. The molecule has 0 bridgehead atoms. The van der Waals surface area contributed by atoms with Gasteiger partial charge in [-0.2, -0.15) is 0 Å². The van der Waals surface area contributed by atoms with Crippen molar-refractivity contribution in [2.45, 2.75) is 37.0 Å². The van der Waals surface area contributed by atoms with Crippen molar-refractivity contribution in [3.05, 3.63) is 82.9 Å². The summed E-state index contributed by atoms with van der Waals surface area (Å²) in [5.41, 5.74) is 8.30. The van der Waals surface area contributed by atoms with Crippen LogP contribution in [0.5, 0.6) is 0 Å². The number of benzene rings is 3. The molecule has 1 amide bonds. The van der Waals surface area contributed by atoms with E-state index in [2.05, 4.69) is 0 Å². The summed E-state index contributed by atoms with van der Waals surface area (Å²) in [6.07, 6.45) is 1.58. The predicted molar refractivity (Wildman–Crippen MR) is 139 cm³/mol. The first kappa shape index (κ1) is 28.7. The average Bonchev–Trinajstić information content (AvgIpc) is 2.79. The van der Waals surface area contributed by atoms with E-state index < -0.39 is 31.6 Å². The Kier molecular flexibility index (Phi) is 9.17. The monoisotopic (exact) mass is 531 g/mol. The highest BCUT2D eigenvalue weighted by atomic mass is 32.2. The van der Waals surface area contributed by atoms with Crippen LogP contribution in [0.15, 0.2) is 70.5 Å². The minimum Gasteiger partial charge on any atom is -0.478 e. The molecule has 0 spiro atoms. The van der Waals surface area contributed by atoms with Gasteiger partial charge < -0.3 is 10.8 Å². The molecule has 0 aliphatic rings. The second-order valence-electron chi connectivity index (χ2n) is 8.35. The van der Waals surface area contributed by atoms with E-state index in [-0.39, 0.29) is 26.7 Å². The van der Waals surface area contributed by atoms with Crippen LogP contribution in [0.25, 0.3) is 11.1 Å². The number of nitrogens with two attached hydrogens (primary N) is 1. The number of rotatable bonds is 7. The van der Waals surface area contributed by atoms with Gasteiger partial charge in [-0.05, 0) is 67.3 Å². The third-order valence-electron chi connectivity index (χ3n) is 5.24. The maximum Gasteiger partial charge on any atom is 0.335 e. The van der Waals surface area contributed by atoms with Gasteiger partial charge in [-0.15, -0.1) is 0 Å². The fourth-order valence-corrected chi connectivity index (χ4v) is 5.73. The number of hydrogen-bond acceptors (Lipinski definition) is 6. The largest absolute Gasteiger partial charge is 0.478 e. The third kappa shape index (κ3) is 7.50. The summed E-state index contributed by atoms with van der Waals surface area (Å²) in [4.78, 5) is 22.3. The molecule has 3 aromatic carbocycles. The smallest absolute Gasteiger partial charge is 0.335 e. The Balaban J connectivity index is 0.000000281. The second kappa shape index (κ2) is 11.5. The molecule has 8 nitrogen and oxygen atoms in total. The molecule has 192 valence electrons. The van der Waals surface area contributed by atoms with E-state index in [9.17, 15) is 31.5 Å². The number of primary amides is 1. The van der Waals surface area contributed by atoms with Gasteiger partial charge in [0.15, 0.2) is 19.7 Å². The van der Waals surface area contributed by atoms with Crippen molar-refractivity contribution in [1.29, 1.82) is 0 Å². The number of carboxylic acid groups (broad SMARTS) is 1. The van der Waals surface area contributed by atoms with Crippen molar-refractivity contribution in [1.82, 2.24) is 0 Å². The summed E-state index contributed by atoms with van der Waals surface area (Å²) in [5.74, 6) is -1.76. The zero-order valence-electron chi connectivity index (χ0n) is 20.5. The normalized spacial score (nSPS) is 11.3. The van der Waals surface area contributed by atoms with Crippen LogP contribution in [-0.2, 0) is 19.7 Å². The minimum absolute atomic E-state index is 0.00338. The van der Waals surface area contributed by atoms with Crippen LogP contribution in [0.4, 0.5) is 0 Å². The number of amides is 1. The Hall–Kier alpha value is -3.50. The van der Waals surface area contributed by atoms with Crippen LogP contribution in [0.1, 0.15) is 45.2 Å². The van der Waals surface area contributed by atoms with Gasteiger partial charge in [0.05, 0.1) is 21.1 Å². The van der Waals surface area contributed by atoms with Crippen LogP contribution < -0.4 is 5.73 Å². The van der Waals surface area contributed by atoms with E-state index in [0.29, 0.717) is 17.5 Å². The molecule has 0 radical (unpaired) electrons. The molecule has 3 rings (SSSR count). The highest BCUT2D eigenvalue weighted by Gasteiger charge is 2.18. The van der Waals surface area contributed by atoms with Gasteiger partial charge in [0, 0.05) is 11.8 Å². The molecule has 3 N–H and O–H groups in total. The lowest BCUT2D eigenvalue weighted by Crippen LogP contribution is -2.12. The molecule has 0 aromatic heterocycles. The van der Waals surface area contributed by atoms with E-state index in [1.165, 1.54) is 24.3 Å². The summed E-state index contributed by atoms with van der Waals surface area (Å²) in [6, 6.07) is 16.2. The molecule has 36 heavy (non-hydrogen) atoms. The standard InChI is InChI=1S/C17H18O4S.C9H11NO3S/c1-3-8-22(20,21)16-10-14(9-15(11-16)17(18)19)13-6-4-12(2)5-7-13;1-6-3-4-7(9(10)11)5-8(6)14(2,12)13/h4-7,9-11H,3,8H2,1-2H3,(H,18,19);3-5H,1-2H3,(H2,10,11). The topological polar surface area (TPSA) is 149 Å². The third-order valence-corrected chi connectivity index (χ3v) is 8.38. The Labute approximate surface area is 211 Å². The molecule has 10 heteroatoms. The van der Waals surface area contributed by atoms with Gasteiger partial charge >= 0.3 is 5.97 Å². The summed E-state index contributed by atoms with van der Waals surface area (Å²) >= 11 is 0. The first-order valence-corrected chi connectivity index (χ1v) is 14.5. The number of carbonyl (C=O) groups excluding carboxylic acids is 1. The minimum atomic E-state index is -3.47. The number of hydrogen-bond donors (Lipinski definition) is 2. The van der Waals surface area contributed by atoms with Crippen LogP contribution in [-0.4, -0.2) is 45.8 Å². The highest BCUT2D eigenvalue weighted by molar-refractivity contribution is 7.91. The van der Waals surface area contributed by atoms with Gasteiger partial charge in [0.25, 0.3) is 0 Å². The zero-order valence-corrected chi connectivity index (χ0v) is 22.1. The van der Waals surface area contributed by atoms with Crippen molar-refractivity contribution >= 4 is 31.6 Å². The fraction of sp³-hybridized carbons (Fsp3) is 0.231. The summed E-state index contributed by atoms with van der Waals surface area (Å²) < 4.78 is 47.1. The van der Waals surface area contributed by atoms with E-state index >= 15 is 0 Å². The summed E-state index contributed by atoms with van der Waals surface area (Å²) in [5, 5.41) is 9.23. The van der Waals surface area contributed by atoms with Crippen molar-refractivity contribution < 1.29 is 31.5 Å². The van der Waals surface area contributed by atoms with Gasteiger partial charge in [-0.1, -0.05) is 42.8 Å². The maximum absolute atomic E-state index is 12.3. The number of sulfone groups is 2. The van der Waals surface area contributed by atoms with Gasteiger partial charge in [-0.25, -0.2) is 21.6 Å². The van der Waals surface area contributed by atoms with Crippen molar-refractivity contribution in [2.24, 2.45) is 5.73 Å². The lowest BCUT2D eigenvalue weighted by Gasteiger charge is -2.09. The molecule has 0 aliphatic carbocycles. The summed E-state index contributed by atoms with van der Waals surface area (Å²) in [6.45, 7) is 5.40. The Morgan fingerprint density at radius 3 is 1.94 bits per heavy atom. The Morgan fingerprint density at radius 2 is 1.44 bits per heavy atom. The molecule has 0 heterocycles. The molecule has 0 aliphatic heterocycles. The predicted octanol–water partition coefficient (Wildman–Crippen LogP) is 4.04. The lowest BCUT2D eigenvalue weighted by molar-refractivity contribution is 0.0696. The molecule has 3 aromatic rings. The molecule has 0 saturated carbocycles. The lowest BCUT2D eigenvalue weighted by atomic mass is 10.0. The van der Waals surface area contributed by atoms with Gasteiger partial charge in [-0.3, -0.25) is 4.79 Å². The van der Waals surface area contributed by atoms with Crippen molar-refractivity contribution in [3.63, 3.8) is 0 Å². The number of carbonyl (C=O) groups is 2. The summed E-state index contributed by atoms with van der Waals surface area (Å²) in [7, 11) is -6.77. The number of aromatic carboxylic acids is 1. The molecule has 0 atom stereocenters. The second-order valence-corrected chi connectivity index (χ2v) is 12.4. The Morgan fingerprint density at radius 1 is 0.833 bits per heavy atom. The van der Waals surface area contributed by atoms with Crippen LogP contribution in [0.2, 0.25) is 0 Å². The molecular formula is C26H29NO7S2. The Bertz CT molecular complexity index is 1490. The van der Waals surface area contributed by atoms with E-state index in [1.807, 2.05) is 31.2 Å². The molecule has 0 saturated heterocycles. The number of aryl methyl sites for hydroxylation is 2. The maximum atomic E-state index is 12.3. The van der Waals surface area contributed by atoms with Crippen molar-refractivity contribution in [3.8, 4) is 11.1 Å². The van der Waals surface area contributed by atoms with Crippen LogP contribution in [0.3, 0.4) is 0 Å². The first-order chi connectivity index (χ1) is 16.7. The number of carboxylic acids is 1. The molecular weight excluding hydrogens is 502 g/mol.